The molecule has 1 N–H and O–H groups in total. The summed E-state index contributed by atoms with van der Waals surface area (Å²) in [6.45, 7) is 0.220. The molecule has 2 rings (SSSR count). The standard InChI is InChI=1S/C14H12ClNO4/c1-19-13-9(3-2-6-16-13)8-20-10-4-5-12(15)11(7-10)14(17)18/h2-7H,8H2,1H3,(H,17,18). The number of methoxy groups -OCH3 is 1. The average Bonchev–Trinajstić information content (AvgIpc) is 2.46. The van der Waals surface area contributed by atoms with Crippen molar-refractivity contribution in [3.63, 3.8) is 0 Å². The van der Waals surface area contributed by atoms with Gasteiger partial charge >= 0.3 is 5.97 Å². The van der Waals surface area contributed by atoms with E-state index >= 15 is 0 Å². The van der Waals surface area contributed by atoms with Gasteiger partial charge in [0.05, 0.1) is 23.3 Å². The molecule has 1 aromatic heterocycles. The molecule has 6 heteroatoms. The lowest BCUT2D eigenvalue weighted by Crippen LogP contribution is -2.02. The predicted octanol–water partition coefficient (Wildman–Crippen LogP) is 3.02. The zero-order valence-electron chi connectivity index (χ0n) is 10.7. The van der Waals surface area contributed by atoms with Crippen molar-refractivity contribution in [2.45, 2.75) is 6.61 Å². The highest BCUT2D eigenvalue weighted by Gasteiger charge is 2.11. The third-order valence-electron chi connectivity index (χ3n) is 2.61. The van der Waals surface area contributed by atoms with E-state index in [1.54, 1.807) is 18.3 Å². The quantitative estimate of drug-likeness (QED) is 0.917. The van der Waals surface area contributed by atoms with Gasteiger partial charge in [0.1, 0.15) is 12.4 Å². The second-order valence-electron chi connectivity index (χ2n) is 3.91. The lowest BCUT2D eigenvalue weighted by Gasteiger charge is -2.10. The maximum atomic E-state index is 11.0. The van der Waals surface area contributed by atoms with Crippen LogP contribution in [0.2, 0.25) is 5.02 Å². The van der Waals surface area contributed by atoms with E-state index in [0.717, 1.165) is 5.56 Å². The van der Waals surface area contributed by atoms with Crippen molar-refractivity contribution in [3.05, 3.63) is 52.7 Å². The van der Waals surface area contributed by atoms with Gasteiger partial charge < -0.3 is 14.6 Å². The molecule has 0 fully saturated rings. The number of benzene rings is 1. The van der Waals surface area contributed by atoms with Crippen molar-refractivity contribution in [2.24, 2.45) is 0 Å². The molecule has 1 heterocycles. The Bertz CT molecular complexity index is 630. The number of pyridine rings is 1. The number of aromatic carboxylic acids is 1. The molecular formula is C14H12ClNO4. The van der Waals surface area contributed by atoms with Gasteiger partial charge in [0.2, 0.25) is 5.88 Å². The summed E-state index contributed by atoms with van der Waals surface area (Å²) in [5, 5.41) is 9.16. The van der Waals surface area contributed by atoms with Crippen LogP contribution in [0.5, 0.6) is 11.6 Å². The molecule has 0 saturated carbocycles. The Kier molecular flexibility index (Phi) is 4.42. The minimum atomic E-state index is -1.10. The van der Waals surface area contributed by atoms with Gasteiger partial charge in [-0.3, -0.25) is 0 Å². The topological polar surface area (TPSA) is 68.7 Å². The summed E-state index contributed by atoms with van der Waals surface area (Å²) in [5.74, 6) is -0.211. The minimum Gasteiger partial charge on any atom is -0.489 e. The molecule has 0 spiro atoms. The second-order valence-corrected chi connectivity index (χ2v) is 4.31. The summed E-state index contributed by atoms with van der Waals surface area (Å²) in [6.07, 6.45) is 1.62. The van der Waals surface area contributed by atoms with Crippen molar-refractivity contribution in [3.8, 4) is 11.6 Å². The SMILES string of the molecule is COc1ncccc1COc1ccc(Cl)c(C(=O)O)c1. The van der Waals surface area contributed by atoms with Crippen LogP contribution in [-0.4, -0.2) is 23.2 Å². The van der Waals surface area contributed by atoms with Crippen molar-refractivity contribution in [1.82, 2.24) is 4.98 Å². The Morgan fingerprint density at radius 1 is 1.40 bits per heavy atom. The van der Waals surface area contributed by atoms with Crippen LogP contribution in [0.1, 0.15) is 15.9 Å². The molecule has 1 aromatic carbocycles. The third-order valence-corrected chi connectivity index (χ3v) is 2.94. The summed E-state index contributed by atoms with van der Waals surface area (Å²) in [7, 11) is 1.52. The van der Waals surface area contributed by atoms with Gasteiger partial charge in [0.15, 0.2) is 0 Å². The number of nitrogens with zero attached hydrogens (tertiary/aromatic N) is 1. The Labute approximate surface area is 120 Å². The number of hydrogen-bond acceptors (Lipinski definition) is 4. The summed E-state index contributed by atoms with van der Waals surface area (Å²) >= 11 is 5.79. The van der Waals surface area contributed by atoms with Crippen molar-refractivity contribution < 1.29 is 19.4 Å². The van der Waals surface area contributed by atoms with Crippen LogP contribution in [-0.2, 0) is 6.61 Å². The predicted molar refractivity (Wildman–Crippen MR) is 73.5 cm³/mol. The molecule has 0 saturated heterocycles. The number of aromatic nitrogens is 1. The van der Waals surface area contributed by atoms with E-state index in [9.17, 15) is 4.79 Å². The fraction of sp³-hybridized carbons (Fsp3) is 0.143. The number of carbonyl (C=O) groups is 1. The van der Waals surface area contributed by atoms with E-state index in [0.29, 0.717) is 11.6 Å². The van der Waals surface area contributed by atoms with E-state index < -0.39 is 5.97 Å². The molecule has 0 aliphatic rings. The number of carboxylic acid groups (broad SMARTS) is 1. The first-order valence-electron chi connectivity index (χ1n) is 5.75. The summed E-state index contributed by atoms with van der Waals surface area (Å²) in [4.78, 5) is 15.0. The molecule has 20 heavy (non-hydrogen) atoms. The Hall–Kier alpha value is -2.27. The van der Waals surface area contributed by atoms with Gasteiger partial charge in [-0.05, 0) is 30.3 Å². The van der Waals surface area contributed by atoms with Crippen LogP contribution >= 0.6 is 11.6 Å². The minimum absolute atomic E-state index is 0.00215. The summed E-state index contributed by atoms with van der Waals surface area (Å²) in [5.41, 5.74) is 0.768. The number of ether oxygens (including phenoxy) is 2. The first kappa shape index (κ1) is 14.1. The van der Waals surface area contributed by atoms with Crippen LogP contribution in [0.15, 0.2) is 36.5 Å². The second kappa shape index (κ2) is 6.25. The average molecular weight is 294 g/mol. The zero-order chi connectivity index (χ0) is 14.5. The highest BCUT2D eigenvalue weighted by Crippen LogP contribution is 2.24. The number of hydrogen-bond donors (Lipinski definition) is 1. The lowest BCUT2D eigenvalue weighted by atomic mass is 10.2. The highest BCUT2D eigenvalue weighted by molar-refractivity contribution is 6.33. The van der Waals surface area contributed by atoms with E-state index in [4.69, 9.17) is 26.2 Å². The molecule has 5 nitrogen and oxygen atoms in total. The Morgan fingerprint density at radius 2 is 2.20 bits per heavy atom. The van der Waals surface area contributed by atoms with Gasteiger partial charge in [-0.1, -0.05) is 11.6 Å². The molecule has 0 aliphatic heterocycles. The lowest BCUT2D eigenvalue weighted by molar-refractivity contribution is 0.0696. The number of rotatable bonds is 5. The molecule has 0 atom stereocenters. The van der Waals surface area contributed by atoms with Crippen LogP contribution in [0.4, 0.5) is 0 Å². The smallest absolute Gasteiger partial charge is 0.337 e. The number of carboxylic acids is 1. The molecule has 0 unspecified atom stereocenters. The maximum Gasteiger partial charge on any atom is 0.337 e. The summed E-state index contributed by atoms with van der Waals surface area (Å²) < 4.78 is 10.6. The van der Waals surface area contributed by atoms with E-state index in [2.05, 4.69) is 4.98 Å². The summed E-state index contributed by atoms with van der Waals surface area (Å²) in [6, 6.07) is 8.07. The van der Waals surface area contributed by atoms with E-state index in [-0.39, 0.29) is 17.2 Å². The largest absolute Gasteiger partial charge is 0.489 e. The Morgan fingerprint density at radius 3 is 2.90 bits per heavy atom. The van der Waals surface area contributed by atoms with Crippen LogP contribution < -0.4 is 9.47 Å². The third kappa shape index (κ3) is 3.19. The van der Waals surface area contributed by atoms with Gasteiger partial charge in [0, 0.05) is 6.20 Å². The van der Waals surface area contributed by atoms with Crippen molar-refractivity contribution in [1.29, 1.82) is 0 Å². The van der Waals surface area contributed by atoms with Gasteiger partial charge in [-0.25, -0.2) is 9.78 Å². The molecular weight excluding hydrogens is 282 g/mol. The van der Waals surface area contributed by atoms with Crippen molar-refractivity contribution in [2.75, 3.05) is 7.11 Å². The molecule has 0 bridgehead atoms. The van der Waals surface area contributed by atoms with Crippen LogP contribution in [0.25, 0.3) is 0 Å². The van der Waals surface area contributed by atoms with E-state index in [1.165, 1.54) is 19.2 Å². The van der Waals surface area contributed by atoms with E-state index in [1.807, 2.05) is 6.07 Å². The fourth-order valence-corrected chi connectivity index (χ4v) is 1.84. The Balaban J connectivity index is 2.15. The fourth-order valence-electron chi connectivity index (χ4n) is 1.64. The van der Waals surface area contributed by atoms with Gasteiger partial charge in [-0.2, -0.15) is 0 Å². The molecule has 2 aromatic rings. The van der Waals surface area contributed by atoms with Gasteiger partial charge in [-0.15, -0.1) is 0 Å². The molecule has 0 aliphatic carbocycles. The number of halogens is 1. The monoisotopic (exact) mass is 293 g/mol. The van der Waals surface area contributed by atoms with Crippen molar-refractivity contribution >= 4 is 17.6 Å². The first-order chi connectivity index (χ1) is 9.61. The molecule has 0 amide bonds. The van der Waals surface area contributed by atoms with Crippen LogP contribution in [0.3, 0.4) is 0 Å². The highest BCUT2D eigenvalue weighted by atomic mass is 35.5. The van der Waals surface area contributed by atoms with Gasteiger partial charge in [0.25, 0.3) is 0 Å². The molecule has 0 radical (unpaired) electrons. The molecule has 104 valence electrons. The maximum absolute atomic E-state index is 11.0. The normalized spacial score (nSPS) is 10.1. The first-order valence-corrected chi connectivity index (χ1v) is 6.13. The van der Waals surface area contributed by atoms with Crippen LogP contribution in [0, 0.1) is 0 Å². The zero-order valence-corrected chi connectivity index (χ0v) is 11.4.